The number of aryl methyl sites for hydroxylation is 1. The molecular weight excluding hydrogens is 377 g/mol. The molecule has 148 valence electrons. The van der Waals surface area contributed by atoms with Gasteiger partial charge in [0.1, 0.15) is 12.4 Å². The summed E-state index contributed by atoms with van der Waals surface area (Å²) in [4.78, 5) is 39.0. The minimum Gasteiger partial charge on any atom is -0.480 e. The first-order chi connectivity index (χ1) is 13.8. The van der Waals surface area contributed by atoms with Gasteiger partial charge in [-0.1, -0.05) is 12.1 Å². The fourth-order valence-electron chi connectivity index (χ4n) is 2.79. The van der Waals surface area contributed by atoms with E-state index in [-0.39, 0.29) is 12.3 Å². The number of hydrogen-bond acceptors (Lipinski definition) is 4. The van der Waals surface area contributed by atoms with Crippen LogP contribution >= 0.6 is 0 Å². The van der Waals surface area contributed by atoms with Crippen molar-refractivity contribution in [1.82, 2.24) is 10.3 Å². The molecule has 0 radical (unpaired) electrons. The maximum absolute atomic E-state index is 13.3. The fraction of sp³-hybridized carbons (Fsp3) is 0.143. The highest BCUT2D eigenvalue weighted by molar-refractivity contribution is 6.06. The van der Waals surface area contributed by atoms with E-state index < -0.39 is 24.2 Å². The first-order valence-corrected chi connectivity index (χ1v) is 8.77. The zero-order chi connectivity index (χ0) is 21.0. The van der Waals surface area contributed by atoms with Crippen molar-refractivity contribution in [2.75, 3.05) is 11.9 Å². The van der Waals surface area contributed by atoms with E-state index in [0.717, 1.165) is 0 Å². The molecule has 1 aromatic heterocycles. The van der Waals surface area contributed by atoms with Gasteiger partial charge in [0.2, 0.25) is 5.91 Å². The Morgan fingerprint density at radius 2 is 1.79 bits per heavy atom. The molecule has 0 aliphatic heterocycles. The molecule has 7 nitrogen and oxygen atoms in total. The van der Waals surface area contributed by atoms with Crippen LogP contribution in [0.5, 0.6) is 0 Å². The molecule has 0 atom stereocenters. The number of pyridine rings is 1. The third kappa shape index (κ3) is 5.13. The Labute approximate surface area is 165 Å². The molecule has 0 spiro atoms. The average molecular weight is 395 g/mol. The summed E-state index contributed by atoms with van der Waals surface area (Å²) in [6.45, 7) is 1.25. The van der Waals surface area contributed by atoms with Crippen molar-refractivity contribution in [2.24, 2.45) is 0 Å². The van der Waals surface area contributed by atoms with E-state index in [4.69, 9.17) is 5.11 Å². The lowest BCUT2D eigenvalue weighted by atomic mass is 10.1. The zero-order valence-corrected chi connectivity index (χ0v) is 15.5. The van der Waals surface area contributed by atoms with E-state index in [1.807, 2.05) is 0 Å². The van der Waals surface area contributed by atoms with Crippen molar-refractivity contribution in [3.63, 3.8) is 0 Å². The second-order valence-electron chi connectivity index (χ2n) is 6.46. The summed E-state index contributed by atoms with van der Waals surface area (Å²) in [5, 5.41) is 14.3. The molecule has 0 aliphatic carbocycles. The number of nitrogens with zero attached hydrogens (tertiary/aromatic N) is 1. The minimum atomic E-state index is -1.11. The molecule has 29 heavy (non-hydrogen) atoms. The van der Waals surface area contributed by atoms with Crippen LogP contribution in [0, 0.1) is 12.7 Å². The van der Waals surface area contributed by atoms with E-state index in [9.17, 15) is 18.8 Å². The molecule has 3 rings (SSSR count). The van der Waals surface area contributed by atoms with Crippen molar-refractivity contribution < 1.29 is 23.9 Å². The van der Waals surface area contributed by atoms with E-state index in [2.05, 4.69) is 15.6 Å². The summed E-state index contributed by atoms with van der Waals surface area (Å²) in [5.41, 5.74) is 2.54. The number of carbonyl (C=O) groups excluding carboxylic acids is 2. The molecule has 8 heteroatoms. The van der Waals surface area contributed by atoms with Crippen molar-refractivity contribution in [1.29, 1.82) is 0 Å². The van der Waals surface area contributed by atoms with Gasteiger partial charge in [-0.05, 0) is 42.8 Å². The molecule has 0 saturated carbocycles. The van der Waals surface area contributed by atoms with Gasteiger partial charge in [0, 0.05) is 17.1 Å². The van der Waals surface area contributed by atoms with Gasteiger partial charge in [-0.15, -0.1) is 0 Å². The topological polar surface area (TPSA) is 108 Å². The van der Waals surface area contributed by atoms with E-state index in [0.29, 0.717) is 33.4 Å². The summed E-state index contributed by atoms with van der Waals surface area (Å²) < 4.78 is 13.3. The molecule has 3 aromatic rings. The fourth-order valence-corrected chi connectivity index (χ4v) is 2.79. The monoisotopic (exact) mass is 395 g/mol. The molecule has 0 saturated heterocycles. The summed E-state index contributed by atoms with van der Waals surface area (Å²) in [7, 11) is 0. The van der Waals surface area contributed by atoms with E-state index in [1.165, 1.54) is 12.1 Å². The number of carboxylic acid groups (broad SMARTS) is 1. The van der Waals surface area contributed by atoms with Crippen LogP contribution < -0.4 is 10.6 Å². The van der Waals surface area contributed by atoms with Gasteiger partial charge in [0.05, 0.1) is 23.2 Å². The summed E-state index contributed by atoms with van der Waals surface area (Å²) in [5.74, 6) is -2.26. The lowest BCUT2D eigenvalue weighted by molar-refractivity contribution is -0.137. The summed E-state index contributed by atoms with van der Waals surface area (Å²) >= 11 is 0. The number of hydrogen-bond donors (Lipinski definition) is 3. The molecule has 0 aliphatic rings. The van der Waals surface area contributed by atoms with Gasteiger partial charge in [-0.2, -0.15) is 0 Å². The number of anilines is 1. The van der Waals surface area contributed by atoms with Crippen LogP contribution in [0.15, 0.2) is 48.5 Å². The molecule has 0 fully saturated rings. The Morgan fingerprint density at radius 3 is 2.48 bits per heavy atom. The first kappa shape index (κ1) is 19.9. The maximum atomic E-state index is 13.3. The highest BCUT2D eigenvalue weighted by atomic mass is 19.1. The van der Waals surface area contributed by atoms with Crippen molar-refractivity contribution in [3.8, 4) is 0 Å². The van der Waals surface area contributed by atoms with Gasteiger partial charge < -0.3 is 15.7 Å². The number of halogens is 1. The zero-order valence-electron chi connectivity index (χ0n) is 15.5. The number of amides is 2. The van der Waals surface area contributed by atoms with Crippen LogP contribution in [0.25, 0.3) is 10.9 Å². The van der Waals surface area contributed by atoms with Crippen LogP contribution in [0.2, 0.25) is 0 Å². The number of aliphatic carboxylic acids is 1. The largest absolute Gasteiger partial charge is 0.480 e. The van der Waals surface area contributed by atoms with Crippen LogP contribution in [0.4, 0.5) is 10.1 Å². The van der Waals surface area contributed by atoms with Crippen molar-refractivity contribution in [3.05, 3.63) is 71.2 Å². The van der Waals surface area contributed by atoms with Crippen molar-refractivity contribution >= 4 is 34.4 Å². The Morgan fingerprint density at radius 1 is 1.07 bits per heavy atom. The van der Waals surface area contributed by atoms with Crippen LogP contribution in [0.3, 0.4) is 0 Å². The molecular formula is C21H18FN3O4. The second-order valence-corrected chi connectivity index (χ2v) is 6.46. The lowest BCUT2D eigenvalue weighted by Gasteiger charge is -2.10. The molecule has 2 amide bonds. The Kier molecular flexibility index (Phi) is 5.82. The quantitative estimate of drug-likeness (QED) is 0.595. The van der Waals surface area contributed by atoms with Crippen molar-refractivity contribution in [2.45, 2.75) is 13.3 Å². The smallest absolute Gasteiger partial charge is 0.322 e. The van der Waals surface area contributed by atoms with E-state index in [1.54, 1.807) is 43.3 Å². The predicted molar refractivity (Wildman–Crippen MR) is 105 cm³/mol. The highest BCUT2D eigenvalue weighted by Crippen LogP contribution is 2.19. The number of benzene rings is 2. The number of rotatable bonds is 6. The van der Waals surface area contributed by atoms with Crippen LogP contribution in [0.1, 0.15) is 21.6 Å². The molecule has 1 heterocycles. The number of carboxylic acids is 1. The van der Waals surface area contributed by atoms with E-state index >= 15 is 0 Å². The number of carbonyl (C=O) groups is 3. The SMILES string of the molecule is Cc1nc2cc(F)ccc2cc1C(=O)Nc1ccc(CC(=O)NCC(=O)O)cc1. The Bertz CT molecular complexity index is 1100. The summed E-state index contributed by atoms with van der Waals surface area (Å²) in [6, 6.07) is 12.5. The number of nitrogens with one attached hydrogen (secondary N) is 2. The molecule has 0 unspecified atom stereocenters. The Balaban J connectivity index is 1.68. The Hall–Kier alpha value is -3.81. The number of fused-ring (bicyclic) bond motifs is 1. The summed E-state index contributed by atoms with van der Waals surface area (Å²) in [6.07, 6.45) is 0.0335. The van der Waals surface area contributed by atoms with Gasteiger partial charge in [-0.3, -0.25) is 19.4 Å². The average Bonchev–Trinajstić information content (AvgIpc) is 2.67. The highest BCUT2D eigenvalue weighted by Gasteiger charge is 2.13. The molecule has 3 N–H and O–H groups in total. The standard InChI is InChI=1S/C21H18FN3O4/c1-12-17(9-14-4-5-15(22)10-18(14)24-12)21(29)25-16-6-2-13(3-7-16)8-19(26)23-11-20(27)28/h2-7,9-10H,8,11H2,1H3,(H,23,26)(H,25,29)(H,27,28). The molecule has 0 bridgehead atoms. The first-order valence-electron chi connectivity index (χ1n) is 8.77. The third-order valence-corrected chi connectivity index (χ3v) is 4.23. The normalized spacial score (nSPS) is 10.6. The number of aromatic nitrogens is 1. The van der Waals surface area contributed by atoms with Gasteiger partial charge in [0.15, 0.2) is 0 Å². The van der Waals surface area contributed by atoms with Gasteiger partial charge in [0.25, 0.3) is 5.91 Å². The minimum absolute atomic E-state index is 0.0335. The maximum Gasteiger partial charge on any atom is 0.322 e. The lowest BCUT2D eigenvalue weighted by Crippen LogP contribution is -2.30. The van der Waals surface area contributed by atoms with Gasteiger partial charge >= 0.3 is 5.97 Å². The molecule has 2 aromatic carbocycles. The third-order valence-electron chi connectivity index (χ3n) is 4.23. The van der Waals surface area contributed by atoms with Gasteiger partial charge in [-0.25, -0.2) is 4.39 Å². The van der Waals surface area contributed by atoms with Crippen LogP contribution in [-0.2, 0) is 16.0 Å². The predicted octanol–water partition coefficient (Wildman–Crippen LogP) is 2.68. The van der Waals surface area contributed by atoms with Crippen LogP contribution in [-0.4, -0.2) is 34.4 Å². The second kappa shape index (κ2) is 8.47.